The molecule has 0 spiro atoms. The maximum atomic E-state index is 11.9. The van der Waals surface area contributed by atoms with Crippen LogP contribution in [0.3, 0.4) is 0 Å². The largest absolute Gasteiger partial charge is 0.356 e. The van der Waals surface area contributed by atoms with E-state index in [9.17, 15) is 4.79 Å². The van der Waals surface area contributed by atoms with Crippen LogP contribution in [0.25, 0.3) is 5.65 Å². The van der Waals surface area contributed by atoms with Gasteiger partial charge < -0.3 is 9.72 Å². The third-order valence-corrected chi connectivity index (χ3v) is 3.88. The van der Waals surface area contributed by atoms with Crippen molar-refractivity contribution in [2.45, 2.75) is 19.3 Å². The molecule has 0 aliphatic carbocycles. The summed E-state index contributed by atoms with van der Waals surface area (Å²) in [5, 5.41) is 3.64. The van der Waals surface area contributed by atoms with Crippen LogP contribution >= 0.6 is 11.6 Å². The fraction of sp³-hybridized carbons (Fsp3) is 0.222. The molecule has 2 heterocycles. The number of rotatable bonds is 6. The minimum Gasteiger partial charge on any atom is -0.356 e. The Labute approximate surface area is 140 Å². The van der Waals surface area contributed by atoms with Gasteiger partial charge in [0.05, 0.1) is 5.69 Å². The molecule has 1 aromatic carbocycles. The highest BCUT2D eigenvalue weighted by Crippen LogP contribution is 2.12. The first-order valence-electron chi connectivity index (χ1n) is 7.64. The van der Waals surface area contributed by atoms with E-state index < -0.39 is 0 Å². The molecule has 0 fully saturated rings. The van der Waals surface area contributed by atoms with Gasteiger partial charge in [0, 0.05) is 36.8 Å². The Morgan fingerprint density at radius 3 is 2.91 bits per heavy atom. The lowest BCUT2D eigenvalue weighted by Crippen LogP contribution is -2.25. The van der Waals surface area contributed by atoms with Crippen molar-refractivity contribution >= 4 is 23.2 Å². The Morgan fingerprint density at radius 2 is 2.09 bits per heavy atom. The van der Waals surface area contributed by atoms with Crippen LogP contribution in [0, 0.1) is 0 Å². The Balaban J connectivity index is 1.44. The summed E-state index contributed by atoms with van der Waals surface area (Å²) in [4.78, 5) is 16.4. The van der Waals surface area contributed by atoms with Crippen molar-refractivity contribution in [2.75, 3.05) is 6.54 Å². The quantitative estimate of drug-likeness (QED) is 0.755. The highest BCUT2D eigenvalue weighted by Gasteiger charge is 2.04. The molecule has 0 atom stereocenters. The molecule has 3 aromatic rings. The van der Waals surface area contributed by atoms with Gasteiger partial charge in [-0.15, -0.1) is 0 Å². The average molecular weight is 328 g/mol. The van der Waals surface area contributed by atoms with Gasteiger partial charge in [0.1, 0.15) is 5.65 Å². The van der Waals surface area contributed by atoms with Crippen molar-refractivity contribution in [3.63, 3.8) is 0 Å². The van der Waals surface area contributed by atoms with Crippen LogP contribution in [0.15, 0.2) is 54.9 Å². The van der Waals surface area contributed by atoms with Crippen molar-refractivity contribution in [3.8, 4) is 0 Å². The molecular formula is C18H18ClN3O. The van der Waals surface area contributed by atoms with Gasteiger partial charge in [0.2, 0.25) is 5.91 Å². The topological polar surface area (TPSA) is 46.4 Å². The second kappa shape index (κ2) is 7.29. The predicted octanol–water partition coefficient (Wildman–Crippen LogP) is 3.28. The fourth-order valence-electron chi connectivity index (χ4n) is 2.48. The number of aryl methyl sites for hydroxylation is 1. The smallest absolute Gasteiger partial charge is 0.220 e. The first kappa shape index (κ1) is 15.6. The second-order valence-corrected chi connectivity index (χ2v) is 5.86. The maximum Gasteiger partial charge on any atom is 0.220 e. The minimum absolute atomic E-state index is 0.0498. The number of hydrogen-bond donors (Lipinski definition) is 1. The number of fused-ring (bicyclic) bond motifs is 1. The molecule has 3 rings (SSSR count). The number of imidazole rings is 1. The van der Waals surface area contributed by atoms with E-state index in [1.54, 1.807) is 0 Å². The number of benzene rings is 1. The summed E-state index contributed by atoms with van der Waals surface area (Å²) in [6, 6.07) is 13.5. The van der Waals surface area contributed by atoms with Gasteiger partial charge in [-0.2, -0.15) is 0 Å². The van der Waals surface area contributed by atoms with E-state index in [1.807, 2.05) is 59.3 Å². The Morgan fingerprint density at radius 1 is 1.17 bits per heavy atom. The number of carbonyl (C=O) groups excluding carboxylic acids is 1. The summed E-state index contributed by atoms with van der Waals surface area (Å²) in [5.41, 5.74) is 2.98. The zero-order valence-electron chi connectivity index (χ0n) is 12.7. The van der Waals surface area contributed by atoms with Gasteiger partial charge in [-0.1, -0.05) is 29.8 Å². The van der Waals surface area contributed by atoms with Crippen LogP contribution in [0.5, 0.6) is 0 Å². The lowest BCUT2D eigenvalue weighted by Gasteiger charge is -2.04. The van der Waals surface area contributed by atoms with Crippen molar-refractivity contribution in [1.29, 1.82) is 0 Å². The minimum atomic E-state index is 0.0498. The summed E-state index contributed by atoms with van der Waals surface area (Å²) < 4.78 is 1.98. The highest BCUT2D eigenvalue weighted by molar-refractivity contribution is 6.30. The fourth-order valence-corrected chi connectivity index (χ4v) is 2.69. The number of amides is 1. The lowest BCUT2D eigenvalue weighted by molar-refractivity contribution is -0.121. The molecule has 0 aliphatic heterocycles. The zero-order valence-corrected chi connectivity index (χ0v) is 13.5. The van der Waals surface area contributed by atoms with E-state index in [-0.39, 0.29) is 5.91 Å². The van der Waals surface area contributed by atoms with Gasteiger partial charge in [0.25, 0.3) is 0 Å². The zero-order chi connectivity index (χ0) is 16.1. The number of aromatic nitrogens is 2. The molecule has 0 aliphatic rings. The van der Waals surface area contributed by atoms with E-state index in [0.29, 0.717) is 24.4 Å². The normalized spacial score (nSPS) is 10.8. The molecule has 0 bridgehead atoms. The summed E-state index contributed by atoms with van der Waals surface area (Å²) in [7, 11) is 0. The number of nitrogens with one attached hydrogen (secondary N) is 1. The van der Waals surface area contributed by atoms with Gasteiger partial charge in [0.15, 0.2) is 0 Å². The number of pyridine rings is 1. The molecule has 118 valence electrons. The average Bonchev–Trinajstić information content (AvgIpc) is 2.96. The number of halogens is 1. The summed E-state index contributed by atoms with van der Waals surface area (Å²) >= 11 is 5.94. The molecular weight excluding hydrogens is 310 g/mol. The molecule has 1 amide bonds. The van der Waals surface area contributed by atoms with Gasteiger partial charge >= 0.3 is 0 Å². The van der Waals surface area contributed by atoms with Crippen molar-refractivity contribution in [1.82, 2.24) is 14.7 Å². The van der Waals surface area contributed by atoms with Gasteiger partial charge in [-0.25, -0.2) is 4.98 Å². The SMILES string of the molecule is O=C(CCc1cccc(Cl)c1)NCCc1cn2ccccc2n1. The molecule has 0 radical (unpaired) electrons. The van der Waals surface area contributed by atoms with E-state index >= 15 is 0 Å². The van der Waals surface area contributed by atoms with E-state index in [1.165, 1.54) is 0 Å². The molecule has 23 heavy (non-hydrogen) atoms. The molecule has 4 nitrogen and oxygen atoms in total. The number of nitrogens with zero attached hydrogens (tertiary/aromatic N) is 2. The first-order chi connectivity index (χ1) is 11.2. The first-order valence-corrected chi connectivity index (χ1v) is 8.02. The summed E-state index contributed by atoms with van der Waals surface area (Å²) in [5.74, 6) is 0.0498. The van der Waals surface area contributed by atoms with Crippen LogP contribution < -0.4 is 5.32 Å². The molecule has 0 saturated carbocycles. The molecule has 0 unspecified atom stereocenters. The van der Waals surface area contributed by atoms with Crippen LogP contribution in [0.4, 0.5) is 0 Å². The Bertz CT molecular complexity index is 780. The van der Waals surface area contributed by atoms with E-state index in [4.69, 9.17) is 11.6 Å². The number of hydrogen-bond acceptors (Lipinski definition) is 2. The van der Waals surface area contributed by atoms with E-state index in [0.717, 1.165) is 23.3 Å². The second-order valence-electron chi connectivity index (χ2n) is 5.43. The van der Waals surface area contributed by atoms with Gasteiger partial charge in [-0.3, -0.25) is 4.79 Å². The van der Waals surface area contributed by atoms with Gasteiger partial charge in [-0.05, 0) is 36.2 Å². The van der Waals surface area contributed by atoms with Crippen LogP contribution in [-0.4, -0.2) is 21.8 Å². The Hall–Kier alpha value is -2.33. The summed E-state index contributed by atoms with van der Waals surface area (Å²) in [6.45, 7) is 0.595. The van der Waals surface area contributed by atoms with Crippen LogP contribution in [-0.2, 0) is 17.6 Å². The maximum absolute atomic E-state index is 11.9. The standard InChI is InChI=1S/C18H18ClN3O/c19-15-5-3-4-14(12-15)7-8-18(23)20-10-9-16-13-22-11-2-1-6-17(22)21-16/h1-6,11-13H,7-10H2,(H,20,23). The highest BCUT2D eigenvalue weighted by atomic mass is 35.5. The molecule has 1 N–H and O–H groups in total. The molecule has 5 heteroatoms. The monoisotopic (exact) mass is 327 g/mol. The third-order valence-electron chi connectivity index (χ3n) is 3.65. The lowest BCUT2D eigenvalue weighted by atomic mass is 10.1. The molecule has 0 saturated heterocycles. The Kier molecular flexibility index (Phi) is 4.93. The predicted molar refractivity (Wildman–Crippen MR) is 91.7 cm³/mol. The molecule has 2 aromatic heterocycles. The summed E-state index contributed by atoms with van der Waals surface area (Å²) in [6.07, 6.45) is 5.85. The van der Waals surface area contributed by atoms with Crippen LogP contribution in [0.1, 0.15) is 17.7 Å². The number of carbonyl (C=O) groups is 1. The van der Waals surface area contributed by atoms with Crippen molar-refractivity contribution in [3.05, 3.63) is 71.1 Å². The van der Waals surface area contributed by atoms with E-state index in [2.05, 4.69) is 10.3 Å². The van der Waals surface area contributed by atoms with Crippen molar-refractivity contribution < 1.29 is 4.79 Å². The van der Waals surface area contributed by atoms with Crippen LogP contribution in [0.2, 0.25) is 5.02 Å². The third kappa shape index (κ3) is 4.33. The van der Waals surface area contributed by atoms with Crippen molar-refractivity contribution in [2.24, 2.45) is 0 Å².